The average molecular weight is 1290 g/mol. The van der Waals surface area contributed by atoms with Gasteiger partial charge in [0.15, 0.2) is 34.9 Å². The molecular weight excluding hydrogens is 1200 g/mol. The fourth-order valence-corrected chi connectivity index (χ4v) is 15.5. The van der Waals surface area contributed by atoms with E-state index in [1.165, 1.54) is 13.8 Å². The molecule has 88 heavy (non-hydrogen) atoms. The number of fused-ring (bicyclic) bond motifs is 6. The number of halogens is 9. The van der Waals surface area contributed by atoms with Gasteiger partial charge in [0.05, 0.1) is 31.5 Å². The monoisotopic (exact) mass is 1290 g/mol. The Morgan fingerprint density at radius 3 is 1.10 bits per heavy atom. The first-order valence-corrected chi connectivity index (χ1v) is 32.8. The molecule has 0 radical (unpaired) electrons. The molecule has 9 rings (SSSR count). The van der Waals surface area contributed by atoms with Crippen molar-refractivity contribution in [3.63, 3.8) is 0 Å². The van der Waals surface area contributed by atoms with Gasteiger partial charge >= 0.3 is 0 Å². The zero-order chi connectivity index (χ0) is 65.0. The van der Waals surface area contributed by atoms with Gasteiger partial charge in [0, 0.05) is 86.4 Å². The van der Waals surface area contributed by atoms with Gasteiger partial charge in [-0.3, -0.25) is 19.2 Å². The Bertz CT molecular complexity index is 3020. The second-order valence-corrected chi connectivity index (χ2v) is 31.0. The lowest BCUT2D eigenvalue weighted by atomic mass is 9.82. The van der Waals surface area contributed by atoms with E-state index < -0.39 is 108 Å². The fraction of sp³-hybridized carbons (Fsp3) is 0.651. The van der Waals surface area contributed by atoms with Gasteiger partial charge in [0.1, 0.15) is 29.5 Å². The molecule has 6 fully saturated rings. The van der Waals surface area contributed by atoms with Crippen molar-refractivity contribution < 1.29 is 67.1 Å². The van der Waals surface area contributed by atoms with Crippen LogP contribution in [0.3, 0.4) is 0 Å². The van der Waals surface area contributed by atoms with E-state index in [0.717, 1.165) is 69.6 Å². The first-order chi connectivity index (χ1) is 41.1. The SMILES string of the molecule is CC(=O)N[C@@H](C)C(=O)N1[C@@H]2CC[C@H]1CC([C@@H](Cc1cc(F)c(F)cc1F)N[S@@](=O)C(C)(C)C)C2.CC(=O)N[C@@H](C)C(=O)N1[C@@H]2CC[C@H]1CC([C@H](N)Cc1cc(F)c(F)cc1F)C2.CC(C)(C)[S@](=O)N[C@H](Cc1cc(F)c(F)cc1F)C1C[C@H]2CC[C@@H](C1)N2. The maximum absolute atomic E-state index is 14.5. The van der Waals surface area contributed by atoms with Gasteiger partial charge in [-0.2, -0.15) is 0 Å². The normalized spacial score (nSPS) is 26.3. The molecule has 14 nitrogen and oxygen atoms in total. The first kappa shape index (κ1) is 70.5. The van der Waals surface area contributed by atoms with E-state index in [2.05, 4.69) is 25.4 Å². The Hall–Kier alpha value is -4.95. The minimum atomic E-state index is -1.46. The zero-order valence-electron chi connectivity index (χ0n) is 51.8. The van der Waals surface area contributed by atoms with Gasteiger partial charge in [0.25, 0.3) is 0 Å². The van der Waals surface area contributed by atoms with Gasteiger partial charge in [-0.1, -0.05) is 0 Å². The highest BCUT2D eigenvalue weighted by Crippen LogP contribution is 2.43. The van der Waals surface area contributed by atoms with E-state index >= 15 is 0 Å². The number of nitrogens with two attached hydrogens (primary N) is 1. The van der Waals surface area contributed by atoms with Crippen LogP contribution in [0.4, 0.5) is 39.5 Å². The van der Waals surface area contributed by atoms with Crippen LogP contribution >= 0.6 is 0 Å². The van der Waals surface area contributed by atoms with E-state index in [9.17, 15) is 67.1 Å². The summed E-state index contributed by atoms with van der Waals surface area (Å²) < 4.78 is 154. The molecule has 0 saturated carbocycles. The summed E-state index contributed by atoms with van der Waals surface area (Å²) in [7, 11) is -2.78. The van der Waals surface area contributed by atoms with Crippen molar-refractivity contribution in [1.29, 1.82) is 0 Å². The number of amides is 4. The Morgan fingerprint density at radius 1 is 0.489 bits per heavy atom. The van der Waals surface area contributed by atoms with Crippen molar-refractivity contribution in [2.24, 2.45) is 23.5 Å². The van der Waals surface area contributed by atoms with E-state index in [1.54, 1.807) is 13.8 Å². The summed E-state index contributed by atoms with van der Waals surface area (Å²) >= 11 is 0. The predicted octanol–water partition coefficient (Wildman–Crippen LogP) is 9.23. The van der Waals surface area contributed by atoms with Crippen molar-refractivity contribution in [3.05, 3.63) is 105 Å². The van der Waals surface area contributed by atoms with Gasteiger partial charge in [-0.15, -0.1) is 0 Å². The summed E-state index contributed by atoms with van der Waals surface area (Å²) in [5, 5.41) is 8.84. The largest absolute Gasteiger partial charge is 0.345 e. The predicted molar refractivity (Wildman–Crippen MR) is 320 cm³/mol. The number of carbonyl (C=O) groups is 4. The molecule has 6 heterocycles. The van der Waals surface area contributed by atoms with Gasteiger partial charge in [-0.05, 0) is 204 Å². The van der Waals surface area contributed by atoms with E-state index in [-0.39, 0.29) is 108 Å². The lowest BCUT2D eigenvalue weighted by Crippen LogP contribution is -2.56. The standard InChI is InChI=1S/C24H34F3N3O3S.C20H26F3N3O2.C19H27F3N2OS/c1-13(28-14(2)31)23(32)30-17-6-7-18(30)9-16(8-17)22(29-34(33)24(3,4)5)11-15-10-20(26)21(27)12-19(15)25;1-10(25-11(2)27)20(28)26-14-3-4-15(26)6-13(5-14)19(24)8-12-7-17(22)18(23)9-16(12)21;1-19(2,3)26(25)24-18(12-6-13-4-5-14(7-12)23-13)9-11-8-16(21)17(22)10-15(11)20/h10,12-13,16-18,22,29H,6-9,11H2,1-5H3,(H,28,31);7,9-10,13-15,19H,3-6,8,24H2,1-2H3,(H,25,27);8,10,12-14,18,23-24H,4-7,9H2,1-3H3/t13-,16?,17-,18+,22+,34-;10-,13?,14-,15+,19+;12?,13-,14+,18-,26+/m001/s1. The van der Waals surface area contributed by atoms with Gasteiger partial charge < -0.3 is 31.5 Å². The van der Waals surface area contributed by atoms with Crippen LogP contribution in [-0.2, 0) is 60.4 Å². The highest BCUT2D eigenvalue weighted by Gasteiger charge is 2.48. The molecule has 3 aromatic carbocycles. The van der Waals surface area contributed by atoms with Crippen molar-refractivity contribution in [2.45, 2.75) is 242 Å². The minimum absolute atomic E-state index is 0.0208. The molecule has 4 amide bonds. The maximum atomic E-state index is 14.5. The van der Waals surface area contributed by atoms with Crippen LogP contribution in [0, 0.1) is 70.1 Å². The third-order valence-corrected chi connectivity index (χ3v) is 21.4. The Kier molecular flexibility index (Phi) is 23.7. The summed E-state index contributed by atoms with van der Waals surface area (Å²) in [5.41, 5.74) is 6.50. The molecule has 3 aromatic rings. The molecule has 25 heteroatoms. The number of piperidine rings is 3. The summed E-state index contributed by atoms with van der Waals surface area (Å²) in [6.45, 7) is 17.2. The van der Waals surface area contributed by atoms with E-state index in [4.69, 9.17) is 5.73 Å². The zero-order valence-corrected chi connectivity index (χ0v) is 53.4. The smallest absolute Gasteiger partial charge is 0.245 e. The van der Waals surface area contributed by atoms with Crippen LogP contribution in [0.5, 0.6) is 0 Å². The molecule has 490 valence electrons. The van der Waals surface area contributed by atoms with Crippen molar-refractivity contribution in [2.75, 3.05) is 0 Å². The Morgan fingerprint density at radius 2 is 0.784 bits per heavy atom. The number of carbonyl (C=O) groups excluding carboxylic acids is 4. The third kappa shape index (κ3) is 18.0. The van der Waals surface area contributed by atoms with Crippen LogP contribution in [0.2, 0.25) is 0 Å². The van der Waals surface area contributed by atoms with Crippen molar-refractivity contribution in [1.82, 2.24) is 35.2 Å². The van der Waals surface area contributed by atoms with Crippen molar-refractivity contribution in [3.8, 4) is 0 Å². The van der Waals surface area contributed by atoms with Crippen LogP contribution in [0.15, 0.2) is 36.4 Å². The summed E-state index contributed by atoms with van der Waals surface area (Å²) in [4.78, 5) is 52.1. The molecular formula is C63H87F9N8O6S2. The number of nitrogens with one attached hydrogen (secondary N) is 5. The van der Waals surface area contributed by atoms with Crippen molar-refractivity contribution >= 4 is 45.6 Å². The number of benzene rings is 3. The second kappa shape index (κ2) is 29.6. The molecule has 0 aliphatic carbocycles. The molecule has 6 saturated heterocycles. The molecule has 0 spiro atoms. The number of hydrogen-bond acceptors (Lipinski definition) is 8. The number of hydrogen-bond donors (Lipinski definition) is 6. The summed E-state index contributed by atoms with van der Waals surface area (Å²) in [6.07, 6.45) is 10.4. The summed E-state index contributed by atoms with van der Waals surface area (Å²) in [5.74, 6) is -9.83. The molecule has 7 N–H and O–H groups in total. The molecule has 6 aliphatic rings. The molecule has 6 aliphatic heterocycles. The lowest BCUT2D eigenvalue weighted by molar-refractivity contribution is -0.140. The van der Waals surface area contributed by atoms with E-state index in [0.29, 0.717) is 56.0 Å². The fourth-order valence-electron chi connectivity index (χ4n) is 13.7. The number of nitrogens with zero attached hydrogens (tertiary/aromatic N) is 2. The van der Waals surface area contributed by atoms with E-state index in [1.807, 2.05) is 51.3 Å². The highest BCUT2D eigenvalue weighted by molar-refractivity contribution is 7.84. The molecule has 6 bridgehead atoms. The van der Waals surface area contributed by atoms with Gasteiger partial charge in [0.2, 0.25) is 23.6 Å². The van der Waals surface area contributed by atoms with Crippen LogP contribution in [0.1, 0.15) is 163 Å². The van der Waals surface area contributed by atoms with Crippen LogP contribution in [0.25, 0.3) is 0 Å². The summed E-state index contributed by atoms with van der Waals surface area (Å²) in [6, 6.07) is 2.85. The topological polar surface area (TPSA) is 195 Å². The van der Waals surface area contributed by atoms with Crippen LogP contribution < -0.4 is 31.1 Å². The lowest BCUT2D eigenvalue weighted by Gasteiger charge is -2.43. The maximum Gasteiger partial charge on any atom is 0.245 e. The second-order valence-electron chi connectivity index (χ2n) is 27.0. The van der Waals surface area contributed by atoms with Crippen LogP contribution in [-0.4, -0.2) is 118 Å². The van der Waals surface area contributed by atoms with Gasteiger partial charge in [-0.25, -0.2) is 57.4 Å². The average Bonchev–Trinajstić information content (AvgIpc) is 2.03. The minimum Gasteiger partial charge on any atom is -0.345 e. The highest BCUT2D eigenvalue weighted by atomic mass is 32.2. The Balaban J connectivity index is 0.000000190. The molecule has 3 unspecified atom stereocenters. The number of rotatable bonds is 17. The quantitative estimate of drug-likeness (QED) is 0.0569. The molecule has 0 aromatic heterocycles. The first-order valence-electron chi connectivity index (χ1n) is 30.5. The Labute approximate surface area is 516 Å². The third-order valence-electron chi connectivity index (χ3n) is 18.1. The molecule has 16 atom stereocenters.